The summed E-state index contributed by atoms with van der Waals surface area (Å²) < 4.78 is 44.7. The van der Waals surface area contributed by atoms with E-state index in [2.05, 4.69) is 4.98 Å². The number of carbonyl (C=O) groups is 1. The van der Waals surface area contributed by atoms with Crippen molar-refractivity contribution in [3.8, 4) is 22.8 Å². The summed E-state index contributed by atoms with van der Waals surface area (Å²) in [5.74, 6) is -0.0752. The maximum atomic E-state index is 13.0. The highest BCUT2D eigenvalue weighted by Crippen LogP contribution is 2.33. The van der Waals surface area contributed by atoms with Crippen LogP contribution in [-0.2, 0) is 6.18 Å². The predicted molar refractivity (Wildman–Crippen MR) is 106 cm³/mol. The molecule has 0 spiro atoms. The van der Waals surface area contributed by atoms with Gasteiger partial charge in [0.25, 0.3) is 0 Å². The number of ether oxygens (including phenoxy) is 1. The molecule has 0 atom stereocenters. The van der Waals surface area contributed by atoms with E-state index in [0.29, 0.717) is 22.8 Å². The molecule has 4 rings (SSSR count). The van der Waals surface area contributed by atoms with Crippen molar-refractivity contribution in [2.75, 3.05) is 0 Å². The number of fused-ring (bicyclic) bond motifs is 1. The molecule has 0 saturated heterocycles. The Morgan fingerprint density at radius 3 is 2.17 bits per heavy atom. The highest BCUT2D eigenvalue weighted by molar-refractivity contribution is 6.04. The van der Waals surface area contributed by atoms with Gasteiger partial charge in [-0.15, -0.1) is 0 Å². The third-order valence-corrected chi connectivity index (χ3v) is 4.50. The van der Waals surface area contributed by atoms with E-state index in [9.17, 15) is 23.1 Å². The zero-order chi connectivity index (χ0) is 21.3. The van der Waals surface area contributed by atoms with Crippen LogP contribution in [0.2, 0.25) is 0 Å². The molecule has 0 radical (unpaired) electrons. The number of hydrogen-bond donors (Lipinski definition) is 1. The van der Waals surface area contributed by atoms with Crippen LogP contribution >= 0.6 is 0 Å². The molecule has 1 aromatic heterocycles. The number of nitrogens with zero attached hydrogens (tertiary/aromatic N) is 1. The van der Waals surface area contributed by atoms with Gasteiger partial charge in [0.05, 0.1) is 22.3 Å². The molecule has 150 valence electrons. The van der Waals surface area contributed by atoms with Gasteiger partial charge in [-0.05, 0) is 60.7 Å². The summed E-state index contributed by atoms with van der Waals surface area (Å²) in [6.07, 6.45) is -4.57. The van der Waals surface area contributed by atoms with Crippen LogP contribution in [0.3, 0.4) is 0 Å². The van der Waals surface area contributed by atoms with Crippen molar-refractivity contribution in [1.29, 1.82) is 0 Å². The average molecular weight is 409 g/mol. The zero-order valence-corrected chi connectivity index (χ0v) is 15.4. The number of carboxylic acids is 1. The van der Waals surface area contributed by atoms with Crippen LogP contribution in [0.25, 0.3) is 22.2 Å². The van der Waals surface area contributed by atoms with Crippen molar-refractivity contribution in [1.82, 2.24) is 4.98 Å². The monoisotopic (exact) mass is 409 g/mol. The van der Waals surface area contributed by atoms with Gasteiger partial charge in [-0.25, -0.2) is 9.78 Å². The van der Waals surface area contributed by atoms with E-state index in [4.69, 9.17) is 4.74 Å². The number of para-hydroxylation sites is 1. The number of aromatic carboxylic acids is 1. The molecular formula is C23H14F3NO3. The standard InChI is InChI=1S/C23H14F3NO3/c24-23(25,26)15-8-11-20-18(12-15)19(22(28)29)13-21(27-20)14-6-9-17(10-7-14)30-16-4-2-1-3-5-16/h1-13H,(H,28,29). The van der Waals surface area contributed by atoms with Crippen LogP contribution in [-0.4, -0.2) is 16.1 Å². The number of pyridine rings is 1. The van der Waals surface area contributed by atoms with Crippen molar-refractivity contribution in [3.63, 3.8) is 0 Å². The summed E-state index contributed by atoms with van der Waals surface area (Å²) in [5, 5.41) is 9.46. The van der Waals surface area contributed by atoms with E-state index < -0.39 is 17.7 Å². The fraction of sp³-hybridized carbons (Fsp3) is 0.0435. The molecule has 0 unspecified atom stereocenters. The van der Waals surface area contributed by atoms with Crippen LogP contribution in [0.15, 0.2) is 78.9 Å². The maximum Gasteiger partial charge on any atom is 0.416 e. The van der Waals surface area contributed by atoms with Gasteiger partial charge in [0.2, 0.25) is 0 Å². The molecule has 0 saturated carbocycles. The first-order valence-electron chi connectivity index (χ1n) is 8.90. The van der Waals surface area contributed by atoms with Crippen molar-refractivity contribution in [2.45, 2.75) is 6.18 Å². The average Bonchev–Trinajstić information content (AvgIpc) is 2.73. The summed E-state index contributed by atoms with van der Waals surface area (Å²) in [4.78, 5) is 16.0. The van der Waals surface area contributed by atoms with Gasteiger partial charge in [-0.2, -0.15) is 13.2 Å². The van der Waals surface area contributed by atoms with Gasteiger partial charge in [-0.1, -0.05) is 18.2 Å². The van der Waals surface area contributed by atoms with Gasteiger partial charge in [-0.3, -0.25) is 0 Å². The van der Waals surface area contributed by atoms with Gasteiger partial charge in [0.1, 0.15) is 11.5 Å². The molecule has 4 aromatic rings. The van der Waals surface area contributed by atoms with Crippen LogP contribution in [0.5, 0.6) is 11.5 Å². The molecule has 0 fully saturated rings. The van der Waals surface area contributed by atoms with Gasteiger partial charge in [0, 0.05) is 10.9 Å². The number of rotatable bonds is 4. The van der Waals surface area contributed by atoms with E-state index >= 15 is 0 Å². The first-order valence-corrected chi connectivity index (χ1v) is 8.90. The quantitative estimate of drug-likeness (QED) is 0.423. The number of alkyl halides is 3. The fourth-order valence-corrected chi connectivity index (χ4v) is 3.05. The molecule has 1 heterocycles. The predicted octanol–water partition coefficient (Wildman–Crippen LogP) is 6.41. The second-order valence-corrected chi connectivity index (χ2v) is 6.53. The minimum atomic E-state index is -4.57. The smallest absolute Gasteiger partial charge is 0.416 e. The molecule has 0 aliphatic heterocycles. The lowest BCUT2D eigenvalue weighted by Gasteiger charge is -2.11. The Hall–Kier alpha value is -3.87. The Balaban J connectivity index is 1.73. The van der Waals surface area contributed by atoms with Crippen molar-refractivity contribution < 1.29 is 27.8 Å². The molecule has 0 aliphatic carbocycles. The summed E-state index contributed by atoms with van der Waals surface area (Å²) >= 11 is 0. The highest BCUT2D eigenvalue weighted by atomic mass is 19.4. The molecule has 0 amide bonds. The normalized spacial score (nSPS) is 11.4. The Bertz CT molecular complexity index is 1220. The SMILES string of the molecule is O=C(O)c1cc(-c2ccc(Oc3ccccc3)cc2)nc2ccc(C(F)(F)F)cc12. The second kappa shape index (κ2) is 7.51. The van der Waals surface area contributed by atoms with Crippen LogP contribution in [0.1, 0.15) is 15.9 Å². The molecule has 0 bridgehead atoms. The topological polar surface area (TPSA) is 59.4 Å². The molecule has 4 nitrogen and oxygen atoms in total. The lowest BCUT2D eigenvalue weighted by Crippen LogP contribution is -2.06. The molecule has 0 aliphatic rings. The van der Waals surface area contributed by atoms with Gasteiger partial charge < -0.3 is 9.84 Å². The summed E-state index contributed by atoms with van der Waals surface area (Å²) in [7, 11) is 0. The highest BCUT2D eigenvalue weighted by Gasteiger charge is 2.31. The van der Waals surface area contributed by atoms with E-state index in [1.54, 1.807) is 24.3 Å². The Morgan fingerprint density at radius 2 is 1.53 bits per heavy atom. The summed E-state index contributed by atoms with van der Waals surface area (Å²) in [6, 6.07) is 20.2. The van der Waals surface area contributed by atoms with Crippen molar-refractivity contribution in [2.24, 2.45) is 0 Å². The lowest BCUT2D eigenvalue weighted by atomic mass is 10.0. The minimum absolute atomic E-state index is 0.0647. The van der Waals surface area contributed by atoms with Crippen LogP contribution in [0.4, 0.5) is 13.2 Å². The Kier molecular flexibility index (Phi) is 4.87. The zero-order valence-electron chi connectivity index (χ0n) is 15.4. The minimum Gasteiger partial charge on any atom is -0.478 e. The van der Waals surface area contributed by atoms with E-state index in [1.165, 1.54) is 12.1 Å². The van der Waals surface area contributed by atoms with Crippen LogP contribution in [0, 0.1) is 0 Å². The van der Waals surface area contributed by atoms with E-state index in [0.717, 1.165) is 12.1 Å². The van der Waals surface area contributed by atoms with Crippen molar-refractivity contribution in [3.05, 3.63) is 90.0 Å². The molecular weight excluding hydrogens is 395 g/mol. The number of halogens is 3. The van der Waals surface area contributed by atoms with Gasteiger partial charge >= 0.3 is 12.1 Å². The van der Waals surface area contributed by atoms with Crippen LogP contribution < -0.4 is 4.74 Å². The number of carboxylic acid groups (broad SMARTS) is 1. The third-order valence-electron chi connectivity index (χ3n) is 4.50. The lowest BCUT2D eigenvalue weighted by molar-refractivity contribution is -0.137. The Morgan fingerprint density at radius 1 is 0.867 bits per heavy atom. The largest absolute Gasteiger partial charge is 0.478 e. The number of aromatic nitrogens is 1. The Labute approximate surface area is 169 Å². The number of hydrogen-bond acceptors (Lipinski definition) is 3. The summed E-state index contributed by atoms with van der Waals surface area (Å²) in [5.41, 5.74) is -0.0479. The molecule has 30 heavy (non-hydrogen) atoms. The molecule has 1 N–H and O–H groups in total. The first-order chi connectivity index (χ1) is 14.3. The fourth-order valence-electron chi connectivity index (χ4n) is 3.05. The number of benzene rings is 3. The van der Waals surface area contributed by atoms with E-state index in [-0.39, 0.29) is 16.5 Å². The maximum absolute atomic E-state index is 13.0. The van der Waals surface area contributed by atoms with Crippen molar-refractivity contribution >= 4 is 16.9 Å². The third kappa shape index (κ3) is 3.96. The summed E-state index contributed by atoms with van der Waals surface area (Å²) in [6.45, 7) is 0. The van der Waals surface area contributed by atoms with Gasteiger partial charge in [0.15, 0.2) is 0 Å². The van der Waals surface area contributed by atoms with E-state index in [1.807, 2.05) is 30.3 Å². The molecule has 3 aromatic carbocycles. The second-order valence-electron chi connectivity index (χ2n) is 6.53. The molecule has 7 heteroatoms. The first kappa shape index (κ1) is 19.4.